The minimum absolute atomic E-state index is 0.134. The van der Waals surface area contributed by atoms with Crippen LogP contribution in [0.2, 0.25) is 0 Å². The summed E-state index contributed by atoms with van der Waals surface area (Å²) < 4.78 is 12.0. The highest BCUT2D eigenvalue weighted by atomic mass is 32.2. The second-order valence-corrected chi connectivity index (χ2v) is 10.6. The summed E-state index contributed by atoms with van der Waals surface area (Å²) in [7, 11) is 0. The number of amides is 2. The van der Waals surface area contributed by atoms with Crippen molar-refractivity contribution in [2.24, 2.45) is 0 Å². The molecule has 0 spiro atoms. The molecule has 0 bridgehead atoms. The summed E-state index contributed by atoms with van der Waals surface area (Å²) in [6.07, 6.45) is 2.71. The second kappa shape index (κ2) is 12.6. The quantitative estimate of drug-likeness (QED) is 0.168. The van der Waals surface area contributed by atoms with Crippen LogP contribution in [0.25, 0.3) is 6.08 Å². The highest BCUT2D eigenvalue weighted by Gasteiger charge is 2.33. The zero-order valence-corrected chi connectivity index (χ0v) is 23.3. The molecule has 1 aliphatic rings. The number of nitrogens with zero attached hydrogens (tertiary/aromatic N) is 1. The Morgan fingerprint density at radius 3 is 2.33 bits per heavy atom. The predicted molar refractivity (Wildman–Crippen MR) is 165 cm³/mol. The molecule has 0 saturated carbocycles. The minimum Gasteiger partial charge on any atom is -0.484 e. The van der Waals surface area contributed by atoms with Crippen LogP contribution in [-0.4, -0.2) is 22.7 Å². The molecule has 6 nitrogen and oxygen atoms in total. The van der Waals surface area contributed by atoms with E-state index in [0.717, 1.165) is 23.4 Å². The van der Waals surface area contributed by atoms with Gasteiger partial charge >= 0.3 is 0 Å². The SMILES string of the molecule is CCc1ccc(NC(=O)COc2cccc(/C=C3\SC(=S)N(c4ccc(Oc5ccccc5)cc4)C3=O)c2)cc1. The number of ether oxygens (including phenoxy) is 2. The number of thioether (sulfide) groups is 1. The Kier molecular flexibility index (Phi) is 8.59. The maximum absolute atomic E-state index is 13.2. The standard InChI is InChI=1S/C32H26N2O4S2/c1-2-22-11-13-24(14-12-22)33-30(35)21-37-28-10-6-7-23(19-28)20-29-31(36)34(32(39)40-29)25-15-17-27(18-16-25)38-26-8-4-3-5-9-26/h3-20H,2,21H2,1H3,(H,33,35)/b29-20-. The molecule has 0 radical (unpaired) electrons. The molecule has 0 aromatic heterocycles. The second-order valence-electron chi connectivity index (χ2n) is 8.89. The molecule has 4 aromatic rings. The largest absolute Gasteiger partial charge is 0.484 e. The van der Waals surface area contributed by atoms with E-state index in [2.05, 4.69) is 12.2 Å². The van der Waals surface area contributed by atoms with Gasteiger partial charge in [0.1, 0.15) is 17.2 Å². The highest BCUT2D eigenvalue weighted by Crippen LogP contribution is 2.37. The van der Waals surface area contributed by atoms with Gasteiger partial charge in [0.05, 0.1) is 10.6 Å². The van der Waals surface area contributed by atoms with Gasteiger partial charge in [0.2, 0.25) is 0 Å². The number of hydrogen-bond donors (Lipinski definition) is 1. The number of hydrogen-bond acceptors (Lipinski definition) is 6. The fraction of sp³-hybridized carbons (Fsp3) is 0.0938. The smallest absolute Gasteiger partial charge is 0.270 e. The number of nitrogens with one attached hydrogen (secondary N) is 1. The van der Waals surface area contributed by atoms with Crippen molar-refractivity contribution in [2.75, 3.05) is 16.8 Å². The molecular formula is C32H26N2O4S2. The van der Waals surface area contributed by atoms with E-state index in [-0.39, 0.29) is 18.4 Å². The molecule has 0 atom stereocenters. The number of benzene rings is 4. The van der Waals surface area contributed by atoms with Crippen LogP contribution >= 0.6 is 24.0 Å². The summed E-state index contributed by atoms with van der Waals surface area (Å²) in [5, 5.41) is 2.83. The molecule has 5 rings (SSSR count). The summed E-state index contributed by atoms with van der Waals surface area (Å²) >= 11 is 6.76. The molecule has 1 heterocycles. The lowest BCUT2D eigenvalue weighted by Crippen LogP contribution is -2.27. The molecule has 0 unspecified atom stereocenters. The normalized spacial score (nSPS) is 13.9. The number of aryl methyl sites for hydroxylation is 1. The van der Waals surface area contributed by atoms with E-state index in [1.54, 1.807) is 18.2 Å². The third-order valence-corrected chi connectivity index (χ3v) is 7.34. The predicted octanol–water partition coefficient (Wildman–Crippen LogP) is 7.46. The first-order valence-electron chi connectivity index (χ1n) is 12.7. The van der Waals surface area contributed by atoms with Gasteiger partial charge in [-0.1, -0.05) is 73.4 Å². The van der Waals surface area contributed by atoms with Crippen LogP contribution < -0.4 is 19.7 Å². The fourth-order valence-electron chi connectivity index (χ4n) is 3.99. The van der Waals surface area contributed by atoms with Crippen molar-refractivity contribution >= 4 is 57.6 Å². The minimum atomic E-state index is -0.254. The van der Waals surface area contributed by atoms with E-state index in [0.29, 0.717) is 26.4 Å². The van der Waals surface area contributed by atoms with Gasteiger partial charge in [-0.15, -0.1) is 0 Å². The molecule has 2 amide bonds. The van der Waals surface area contributed by atoms with Crippen molar-refractivity contribution in [1.82, 2.24) is 0 Å². The van der Waals surface area contributed by atoms with E-state index in [1.165, 1.54) is 22.2 Å². The molecule has 1 saturated heterocycles. The lowest BCUT2D eigenvalue weighted by Gasteiger charge is -2.15. The van der Waals surface area contributed by atoms with Crippen LogP contribution in [0.5, 0.6) is 17.2 Å². The lowest BCUT2D eigenvalue weighted by molar-refractivity contribution is -0.118. The van der Waals surface area contributed by atoms with Crippen molar-refractivity contribution in [3.63, 3.8) is 0 Å². The van der Waals surface area contributed by atoms with Crippen LogP contribution in [0, 0.1) is 0 Å². The Balaban J connectivity index is 1.21. The van der Waals surface area contributed by atoms with Gasteiger partial charge in [0.15, 0.2) is 10.9 Å². The van der Waals surface area contributed by atoms with E-state index in [9.17, 15) is 9.59 Å². The van der Waals surface area contributed by atoms with Gasteiger partial charge in [-0.3, -0.25) is 14.5 Å². The summed E-state index contributed by atoms with van der Waals surface area (Å²) in [6, 6.07) is 31.7. The zero-order valence-electron chi connectivity index (χ0n) is 21.7. The lowest BCUT2D eigenvalue weighted by atomic mass is 10.1. The van der Waals surface area contributed by atoms with Gasteiger partial charge in [0, 0.05) is 5.69 Å². The van der Waals surface area contributed by atoms with Crippen LogP contribution in [0.15, 0.2) is 108 Å². The highest BCUT2D eigenvalue weighted by molar-refractivity contribution is 8.27. The maximum atomic E-state index is 13.2. The average molecular weight is 567 g/mol. The fourth-order valence-corrected chi connectivity index (χ4v) is 5.29. The molecular weight excluding hydrogens is 540 g/mol. The van der Waals surface area contributed by atoms with Crippen LogP contribution in [0.4, 0.5) is 11.4 Å². The molecule has 8 heteroatoms. The van der Waals surface area contributed by atoms with Crippen molar-refractivity contribution < 1.29 is 19.1 Å². The Labute approximate surface area is 242 Å². The topological polar surface area (TPSA) is 67.9 Å². The first-order valence-corrected chi connectivity index (χ1v) is 13.9. The first-order chi connectivity index (χ1) is 19.5. The summed E-state index contributed by atoms with van der Waals surface area (Å²) in [5.41, 5.74) is 3.35. The summed E-state index contributed by atoms with van der Waals surface area (Å²) in [5.74, 6) is 1.46. The Bertz CT molecular complexity index is 1550. The van der Waals surface area contributed by atoms with Gasteiger partial charge in [-0.2, -0.15) is 0 Å². The van der Waals surface area contributed by atoms with E-state index in [4.69, 9.17) is 21.7 Å². The monoisotopic (exact) mass is 566 g/mol. The number of carbonyl (C=O) groups excluding carboxylic acids is 2. The maximum Gasteiger partial charge on any atom is 0.270 e. The Morgan fingerprint density at radius 2 is 1.60 bits per heavy atom. The van der Waals surface area contributed by atoms with Gasteiger partial charge in [-0.25, -0.2) is 0 Å². The third kappa shape index (κ3) is 6.77. The van der Waals surface area contributed by atoms with Crippen molar-refractivity contribution in [1.29, 1.82) is 0 Å². The van der Waals surface area contributed by atoms with Crippen molar-refractivity contribution in [3.8, 4) is 17.2 Å². The number of para-hydroxylation sites is 1. The molecule has 4 aromatic carbocycles. The zero-order chi connectivity index (χ0) is 27.9. The number of anilines is 2. The Hall–Kier alpha value is -4.40. The van der Waals surface area contributed by atoms with Crippen LogP contribution in [0.1, 0.15) is 18.1 Å². The first kappa shape index (κ1) is 27.2. The number of carbonyl (C=O) groups is 2. The molecule has 40 heavy (non-hydrogen) atoms. The third-order valence-electron chi connectivity index (χ3n) is 6.04. The number of rotatable bonds is 9. The van der Waals surface area contributed by atoms with E-state index < -0.39 is 0 Å². The van der Waals surface area contributed by atoms with E-state index >= 15 is 0 Å². The van der Waals surface area contributed by atoms with Crippen molar-refractivity contribution in [2.45, 2.75) is 13.3 Å². The van der Waals surface area contributed by atoms with Gasteiger partial charge in [0.25, 0.3) is 11.8 Å². The average Bonchev–Trinajstić information content (AvgIpc) is 3.25. The summed E-state index contributed by atoms with van der Waals surface area (Å²) in [4.78, 5) is 27.6. The molecule has 0 aliphatic carbocycles. The van der Waals surface area contributed by atoms with E-state index in [1.807, 2.05) is 91.0 Å². The number of thiocarbonyl (C=S) groups is 1. The van der Waals surface area contributed by atoms with Gasteiger partial charge in [-0.05, 0) is 84.3 Å². The summed E-state index contributed by atoms with van der Waals surface area (Å²) in [6.45, 7) is 1.95. The van der Waals surface area contributed by atoms with Crippen molar-refractivity contribution in [3.05, 3.63) is 119 Å². The van der Waals surface area contributed by atoms with Crippen LogP contribution in [0.3, 0.4) is 0 Å². The molecule has 1 aliphatic heterocycles. The molecule has 200 valence electrons. The van der Waals surface area contributed by atoms with Crippen LogP contribution in [-0.2, 0) is 16.0 Å². The molecule has 1 N–H and O–H groups in total. The Morgan fingerprint density at radius 1 is 0.900 bits per heavy atom. The molecule has 1 fully saturated rings. The van der Waals surface area contributed by atoms with Gasteiger partial charge < -0.3 is 14.8 Å².